The number of fused-ring (bicyclic) bond motifs is 1. The number of rotatable bonds is 4. The average molecular weight is 321 g/mol. The lowest BCUT2D eigenvalue weighted by molar-refractivity contribution is -0.144. The van der Waals surface area contributed by atoms with Gasteiger partial charge in [0.2, 0.25) is 0 Å². The molecule has 1 atom stereocenters. The number of esters is 1. The number of nitrogens with one attached hydrogen (secondary N) is 1. The number of carbonyl (C=O) groups excluding carboxylic acids is 2. The first-order chi connectivity index (χ1) is 10.5. The molecule has 0 aliphatic carbocycles. The maximum atomic E-state index is 12.4. The third kappa shape index (κ3) is 3.20. The Bertz CT molecular complexity index is 716. The summed E-state index contributed by atoms with van der Waals surface area (Å²) in [5.41, 5.74) is 0.937. The van der Waals surface area contributed by atoms with Gasteiger partial charge in [-0.05, 0) is 12.0 Å². The minimum absolute atomic E-state index is 0.108. The molecule has 2 aromatic rings. The van der Waals surface area contributed by atoms with Crippen LogP contribution < -0.4 is 5.32 Å². The molecule has 5 nitrogen and oxygen atoms in total. The standard InChI is InChI=1S/C16H17ClN2O3/c1-9(2)14(16(21)22-3)19-15(20)11-8-18-12-7-5-4-6-10(12)13(11)17/h4-9,14H,1-3H3,(H,19,20)/t14-/m0/s1. The summed E-state index contributed by atoms with van der Waals surface area (Å²) in [6, 6.07) is 6.54. The summed E-state index contributed by atoms with van der Waals surface area (Å²) in [5, 5.41) is 3.66. The zero-order valence-corrected chi connectivity index (χ0v) is 13.3. The van der Waals surface area contributed by atoms with E-state index in [-0.39, 0.29) is 11.5 Å². The fourth-order valence-corrected chi connectivity index (χ4v) is 2.40. The van der Waals surface area contributed by atoms with Gasteiger partial charge in [-0.2, -0.15) is 0 Å². The molecule has 6 heteroatoms. The van der Waals surface area contributed by atoms with Gasteiger partial charge in [0, 0.05) is 11.6 Å². The Labute approximate surface area is 133 Å². The lowest BCUT2D eigenvalue weighted by atomic mass is 10.0. The summed E-state index contributed by atoms with van der Waals surface area (Å²) in [7, 11) is 1.29. The molecule has 0 saturated carbocycles. The van der Waals surface area contributed by atoms with Gasteiger partial charge < -0.3 is 10.1 Å². The molecule has 1 aromatic carbocycles. The molecule has 2 rings (SSSR count). The number of aromatic nitrogens is 1. The van der Waals surface area contributed by atoms with Crippen LogP contribution in [0.15, 0.2) is 30.5 Å². The Morgan fingerprint density at radius 3 is 2.59 bits per heavy atom. The Kier molecular flexibility index (Phi) is 4.98. The summed E-state index contributed by atoms with van der Waals surface area (Å²) in [6.07, 6.45) is 1.41. The quantitative estimate of drug-likeness (QED) is 0.880. The smallest absolute Gasteiger partial charge is 0.328 e. The number of nitrogens with zero attached hydrogens (tertiary/aromatic N) is 1. The van der Waals surface area contributed by atoms with Crippen molar-refractivity contribution in [1.29, 1.82) is 0 Å². The highest BCUT2D eigenvalue weighted by Crippen LogP contribution is 2.25. The molecular weight excluding hydrogens is 304 g/mol. The summed E-state index contributed by atoms with van der Waals surface area (Å²) in [6.45, 7) is 3.64. The number of methoxy groups -OCH3 is 1. The van der Waals surface area contributed by atoms with E-state index in [1.807, 2.05) is 32.0 Å². The molecule has 0 aliphatic heterocycles. The van der Waals surface area contributed by atoms with Crippen LogP contribution >= 0.6 is 11.6 Å². The SMILES string of the molecule is COC(=O)[C@@H](NC(=O)c1cnc2ccccc2c1Cl)C(C)C. The third-order valence-electron chi connectivity index (χ3n) is 3.36. The molecule has 116 valence electrons. The number of carbonyl (C=O) groups is 2. The second-order valence-corrected chi connectivity index (χ2v) is 5.60. The average Bonchev–Trinajstić information content (AvgIpc) is 2.52. The van der Waals surface area contributed by atoms with Crippen LogP contribution in [0.1, 0.15) is 24.2 Å². The van der Waals surface area contributed by atoms with Crippen molar-refractivity contribution in [2.24, 2.45) is 5.92 Å². The highest BCUT2D eigenvalue weighted by molar-refractivity contribution is 6.38. The van der Waals surface area contributed by atoms with Gasteiger partial charge >= 0.3 is 5.97 Å². The Balaban J connectivity index is 2.33. The lowest BCUT2D eigenvalue weighted by Crippen LogP contribution is -2.45. The number of ether oxygens (including phenoxy) is 1. The van der Waals surface area contributed by atoms with Gasteiger partial charge in [0.1, 0.15) is 6.04 Å². The fourth-order valence-electron chi connectivity index (χ4n) is 2.11. The van der Waals surface area contributed by atoms with Crippen LogP contribution in [0.4, 0.5) is 0 Å². The molecule has 1 amide bonds. The Hall–Kier alpha value is -2.14. The second kappa shape index (κ2) is 6.75. The number of hydrogen-bond acceptors (Lipinski definition) is 4. The van der Waals surface area contributed by atoms with E-state index in [0.29, 0.717) is 15.9 Å². The molecule has 0 spiro atoms. The molecule has 22 heavy (non-hydrogen) atoms. The first-order valence-corrected chi connectivity index (χ1v) is 7.25. The van der Waals surface area contributed by atoms with Crippen molar-refractivity contribution in [2.45, 2.75) is 19.9 Å². The molecule has 0 unspecified atom stereocenters. The second-order valence-electron chi connectivity index (χ2n) is 5.22. The van der Waals surface area contributed by atoms with Crippen LogP contribution in [0.5, 0.6) is 0 Å². The van der Waals surface area contributed by atoms with Crippen molar-refractivity contribution >= 4 is 34.4 Å². The van der Waals surface area contributed by atoms with Crippen molar-refractivity contribution < 1.29 is 14.3 Å². The molecule has 0 aliphatic rings. The van der Waals surface area contributed by atoms with Gasteiger partial charge in [-0.25, -0.2) is 4.79 Å². The first-order valence-electron chi connectivity index (χ1n) is 6.87. The van der Waals surface area contributed by atoms with E-state index >= 15 is 0 Å². The van der Waals surface area contributed by atoms with Gasteiger partial charge in [-0.3, -0.25) is 9.78 Å². The Morgan fingerprint density at radius 2 is 1.95 bits per heavy atom. The van der Waals surface area contributed by atoms with Gasteiger partial charge in [-0.15, -0.1) is 0 Å². The van der Waals surface area contributed by atoms with Gasteiger partial charge in [0.15, 0.2) is 0 Å². The van der Waals surface area contributed by atoms with E-state index in [1.54, 1.807) is 6.07 Å². The Morgan fingerprint density at radius 1 is 1.27 bits per heavy atom. The normalized spacial score (nSPS) is 12.2. The van der Waals surface area contributed by atoms with Gasteiger partial charge in [-0.1, -0.05) is 43.6 Å². The number of para-hydroxylation sites is 1. The van der Waals surface area contributed by atoms with Gasteiger partial charge in [0.25, 0.3) is 5.91 Å². The van der Waals surface area contributed by atoms with Crippen LogP contribution in [0.25, 0.3) is 10.9 Å². The summed E-state index contributed by atoms with van der Waals surface area (Å²) >= 11 is 6.30. The minimum Gasteiger partial charge on any atom is -0.467 e. The highest BCUT2D eigenvalue weighted by atomic mass is 35.5. The predicted molar refractivity (Wildman–Crippen MR) is 84.9 cm³/mol. The van der Waals surface area contributed by atoms with Crippen LogP contribution in [0, 0.1) is 5.92 Å². The maximum Gasteiger partial charge on any atom is 0.328 e. The predicted octanol–water partition coefficient (Wildman–Crippen LogP) is 2.82. The molecule has 1 aromatic heterocycles. The van der Waals surface area contributed by atoms with E-state index in [2.05, 4.69) is 10.3 Å². The van der Waals surface area contributed by atoms with Crippen molar-refractivity contribution in [1.82, 2.24) is 10.3 Å². The third-order valence-corrected chi connectivity index (χ3v) is 3.77. The zero-order valence-electron chi connectivity index (χ0n) is 12.6. The van der Waals surface area contributed by atoms with Crippen LogP contribution in [-0.2, 0) is 9.53 Å². The van der Waals surface area contributed by atoms with E-state index in [0.717, 1.165) is 0 Å². The van der Waals surface area contributed by atoms with Crippen LogP contribution in [0.2, 0.25) is 5.02 Å². The molecule has 0 radical (unpaired) electrons. The molecule has 1 N–H and O–H groups in total. The van der Waals surface area contributed by atoms with E-state index in [4.69, 9.17) is 16.3 Å². The largest absolute Gasteiger partial charge is 0.467 e. The van der Waals surface area contributed by atoms with E-state index < -0.39 is 17.9 Å². The zero-order chi connectivity index (χ0) is 16.3. The number of benzene rings is 1. The van der Waals surface area contributed by atoms with Crippen molar-refractivity contribution in [3.05, 3.63) is 41.0 Å². The van der Waals surface area contributed by atoms with Crippen molar-refractivity contribution in [2.75, 3.05) is 7.11 Å². The summed E-state index contributed by atoms with van der Waals surface area (Å²) in [4.78, 5) is 28.4. The monoisotopic (exact) mass is 320 g/mol. The van der Waals surface area contributed by atoms with E-state index in [9.17, 15) is 9.59 Å². The molecule has 0 fully saturated rings. The number of amides is 1. The minimum atomic E-state index is -0.736. The van der Waals surface area contributed by atoms with Gasteiger partial charge in [0.05, 0.1) is 23.2 Å². The summed E-state index contributed by atoms with van der Waals surface area (Å²) in [5.74, 6) is -1.05. The van der Waals surface area contributed by atoms with E-state index in [1.165, 1.54) is 13.3 Å². The number of pyridine rings is 1. The maximum absolute atomic E-state index is 12.4. The first kappa shape index (κ1) is 16.2. The number of halogens is 1. The molecule has 1 heterocycles. The van der Waals surface area contributed by atoms with Crippen molar-refractivity contribution in [3.63, 3.8) is 0 Å². The molecule has 0 saturated heterocycles. The molecular formula is C16H17ClN2O3. The molecule has 0 bridgehead atoms. The van der Waals surface area contributed by atoms with Crippen LogP contribution in [-0.4, -0.2) is 30.0 Å². The fraction of sp³-hybridized carbons (Fsp3) is 0.312. The topological polar surface area (TPSA) is 68.3 Å². The number of hydrogen-bond donors (Lipinski definition) is 1. The summed E-state index contributed by atoms with van der Waals surface area (Å²) < 4.78 is 4.71. The van der Waals surface area contributed by atoms with Crippen molar-refractivity contribution in [3.8, 4) is 0 Å². The highest BCUT2D eigenvalue weighted by Gasteiger charge is 2.26. The lowest BCUT2D eigenvalue weighted by Gasteiger charge is -2.20. The van der Waals surface area contributed by atoms with Crippen LogP contribution in [0.3, 0.4) is 0 Å².